The summed E-state index contributed by atoms with van der Waals surface area (Å²) in [6, 6.07) is 7.14. The number of nitrogens with one attached hydrogen (secondary N) is 1. The van der Waals surface area contributed by atoms with E-state index in [1.165, 1.54) is 0 Å². The third kappa shape index (κ3) is 3.56. The zero-order valence-corrected chi connectivity index (χ0v) is 11.8. The molecule has 1 amide bonds. The number of aliphatic hydroxyl groups excluding tert-OH is 1. The van der Waals surface area contributed by atoms with Gasteiger partial charge in [-0.1, -0.05) is 35.2 Å². The first-order valence-corrected chi connectivity index (χ1v) is 7.20. The quantitative estimate of drug-likeness (QED) is 0.825. The normalized spacial score (nSPS) is 24.3. The summed E-state index contributed by atoms with van der Waals surface area (Å²) in [6.45, 7) is 0. The topological polar surface area (TPSA) is 49.3 Å². The Morgan fingerprint density at radius 3 is 2.56 bits per heavy atom. The molecule has 4 heteroatoms. The molecule has 0 heterocycles. The highest BCUT2D eigenvalue weighted by atomic mass is 79.9. The highest BCUT2D eigenvalue weighted by Crippen LogP contribution is 2.18. The minimum Gasteiger partial charge on any atom is -0.391 e. The number of carbonyl (C=O) groups excluding carboxylic acids is 1. The van der Waals surface area contributed by atoms with E-state index in [0.717, 1.165) is 36.6 Å². The van der Waals surface area contributed by atoms with Crippen molar-refractivity contribution in [3.05, 3.63) is 34.3 Å². The first kappa shape index (κ1) is 13.6. The summed E-state index contributed by atoms with van der Waals surface area (Å²) in [5, 5.41) is 12.9. The Morgan fingerprint density at radius 2 is 1.83 bits per heavy atom. The van der Waals surface area contributed by atoms with Crippen molar-refractivity contribution < 1.29 is 9.90 Å². The molecule has 18 heavy (non-hydrogen) atoms. The number of carbonyl (C=O) groups is 1. The van der Waals surface area contributed by atoms with Crippen LogP contribution >= 0.6 is 15.9 Å². The molecule has 2 unspecified atom stereocenters. The SMILES string of the molecule is O=C(NC1CCCCCC1O)c1ccc(Br)cc1. The van der Waals surface area contributed by atoms with Crippen molar-refractivity contribution in [3.63, 3.8) is 0 Å². The highest BCUT2D eigenvalue weighted by molar-refractivity contribution is 9.10. The van der Waals surface area contributed by atoms with Crippen molar-refractivity contribution in [1.82, 2.24) is 5.32 Å². The Labute approximate surface area is 116 Å². The molecule has 1 aliphatic carbocycles. The fourth-order valence-electron chi connectivity index (χ4n) is 2.31. The molecule has 0 aromatic heterocycles. The Balaban J connectivity index is 1.99. The van der Waals surface area contributed by atoms with Crippen LogP contribution in [0.25, 0.3) is 0 Å². The van der Waals surface area contributed by atoms with Gasteiger partial charge in [0.15, 0.2) is 0 Å². The lowest BCUT2D eigenvalue weighted by Crippen LogP contribution is -2.42. The van der Waals surface area contributed by atoms with Crippen LogP contribution in [0, 0.1) is 0 Å². The third-order valence-electron chi connectivity index (χ3n) is 3.40. The van der Waals surface area contributed by atoms with Crippen LogP contribution in [0.2, 0.25) is 0 Å². The van der Waals surface area contributed by atoms with E-state index in [0.29, 0.717) is 5.56 Å². The number of aliphatic hydroxyl groups is 1. The molecule has 0 radical (unpaired) electrons. The number of rotatable bonds is 2. The van der Waals surface area contributed by atoms with Gasteiger partial charge in [-0.2, -0.15) is 0 Å². The number of amides is 1. The van der Waals surface area contributed by atoms with Crippen LogP contribution in [0.3, 0.4) is 0 Å². The Morgan fingerprint density at radius 1 is 1.17 bits per heavy atom. The Hall–Kier alpha value is -0.870. The fraction of sp³-hybridized carbons (Fsp3) is 0.500. The zero-order chi connectivity index (χ0) is 13.0. The van der Waals surface area contributed by atoms with Crippen LogP contribution in [-0.2, 0) is 0 Å². The van der Waals surface area contributed by atoms with Gasteiger partial charge in [0.1, 0.15) is 0 Å². The second kappa shape index (κ2) is 6.34. The molecule has 3 nitrogen and oxygen atoms in total. The van der Waals surface area contributed by atoms with Gasteiger partial charge in [-0.25, -0.2) is 0 Å². The molecular weight excluding hydrogens is 294 g/mol. The van der Waals surface area contributed by atoms with Gasteiger partial charge in [0.05, 0.1) is 12.1 Å². The predicted octanol–water partition coefficient (Wildman–Crippen LogP) is 2.87. The molecule has 2 atom stereocenters. The van der Waals surface area contributed by atoms with Gasteiger partial charge in [-0.3, -0.25) is 4.79 Å². The first-order chi connectivity index (χ1) is 8.66. The number of halogens is 1. The Bertz CT molecular complexity index is 405. The third-order valence-corrected chi connectivity index (χ3v) is 3.93. The molecule has 1 aliphatic rings. The molecule has 0 bridgehead atoms. The van der Waals surface area contributed by atoms with Gasteiger partial charge < -0.3 is 10.4 Å². The molecule has 1 saturated carbocycles. The molecule has 0 saturated heterocycles. The van der Waals surface area contributed by atoms with Gasteiger partial charge in [0.25, 0.3) is 5.91 Å². The summed E-state index contributed by atoms with van der Waals surface area (Å²) in [5.74, 6) is -0.103. The van der Waals surface area contributed by atoms with Crippen LogP contribution < -0.4 is 5.32 Å². The fourth-order valence-corrected chi connectivity index (χ4v) is 2.57. The van der Waals surface area contributed by atoms with Crippen LogP contribution in [-0.4, -0.2) is 23.2 Å². The Kier molecular flexibility index (Phi) is 4.78. The maximum atomic E-state index is 12.0. The van der Waals surface area contributed by atoms with Crippen molar-refractivity contribution in [1.29, 1.82) is 0 Å². The summed E-state index contributed by atoms with van der Waals surface area (Å²) in [6.07, 6.45) is 4.50. The average molecular weight is 312 g/mol. The number of benzene rings is 1. The first-order valence-electron chi connectivity index (χ1n) is 6.41. The maximum Gasteiger partial charge on any atom is 0.251 e. The van der Waals surface area contributed by atoms with Crippen molar-refractivity contribution in [3.8, 4) is 0 Å². The van der Waals surface area contributed by atoms with E-state index in [4.69, 9.17) is 0 Å². The smallest absolute Gasteiger partial charge is 0.251 e. The van der Waals surface area contributed by atoms with Crippen molar-refractivity contribution in [2.24, 2.45) is 0 Å². The summed E-state index contributed by atoms with van der Waals surface area (Å²) in [4.78, 5) is 12.0. The summed E-state index contributed by atoms with van der Waals surface area (Å²) in [7, 11) is 0. The van der Waals surface area contributed by atoms with E-state index in [2.05, 4.69) is 21.2 Å². The molecule has 2 rings (SSSR count). The summed E-state index contributed by atoms with van der Waals surface area (Å²) < 4.78 is 0.952. The van der Waals surface area contributed by atoms with Gasteiger partial charge in [-0.15, -0.1) is 0 Å². The predicted molar refractivity (Wildman–Crippen MR) is 74.5 cm³/mol. The molecule has 1 aromatic carbocycles. The van der Waals surface area contributed by atoms with Crippen molar-refractivity contribution in [2.45, 2.75) is 44.2 Å². The lowest BCUT2D eigenvalue weighted by atomic mass is 10.1. The lowest BCUT2D eigenvalue weighted by Gasteiger charge is -2.21. The summed E-state index contributed by atoms with van der Waals surface area (Å²) in [5.41, 5.74) is 0.634. The van der Waals surface area contributed by atoms with Gasteiger partial charge in [-0.05, 0) is 37.1 Å². The molecule has 1 aromatic rings. The van der Waals surface area contributed by atoms with Gasteiger partial charge in [0.2, 0.25) is 0 Å². The standard InChI is InChI=1S/C14H18BrNO2/c15-11-8-6-10(7-9-11)14(18)16-12-4-2-1-3-5-13(12)17/h6-9,12-13,17H,1-5H2,(H,16,18). The van der Waals surface area contributed by atoms with Crippen LogP contribution in [0.4, 0.5) is 0 Å². The van der Waals surface area contributed by atoms with Crippen LogP contribution in [0.15, 0.2) is 28.7 Å². The highest BCUT2D eigenvalue weighted by Gasteiger charge is 2.23. The number of hydrogen-bond acceptors (Lipinski definition) is 2. The lowest BCUT2D eigenvalue weighted by molar-refractivity contribution is 0.0819. The van der Waals surface area contributed by atoms with Crippen LogP contribution in [0.1, 0.15) is 42.5 Å². The molecular formula is C14H18BrNO2. The monoisotopic (exact) mass is 311 g/mol. The summed E-state index contributed by atoms with van der Waals surface area (Å²) >= 11 is 3.34. The van der Waals surface area contributed by atoms with E-state index in [9.17, 15) is 9.90 Å². The maximum absolute atomic E-state index is 12.0. The average Bonchev–Trinajstić information content (AvgIpc) is 2.56. The molecule has 0 aliphatic heterocycles. The van der Waals surface area contributed by atoms with Crippen molar-refractivity contribution in [2.75, 3.05) is 0 Å². The zero-order valence-electron chi connectivity index (χ0n) is 10.2. The largest absolute Gasteiger partial charge is 0.391 e. The molecule has 0 spiro atoms. The molecule has 2 N–H and O–H groups in total. The second-order valence-corrected chi connectivity index (χ2v) is 5.71. The number of hydrogen-bond donors (Lipinski definition) is 2. The van der Waals surface area contributed by atoms with E-state index in [1.54, 1.807) is 12.1 Å². The van der Waals surface area contributed by atoms with E-state index < -0.39 is 6.10 Å². The van der Waals surface area contributed by atoms with E-state index in [-0.39, 0.29) is 11.9 Å². The molecule has 1 fully saturated rings. The minimum atomic E-state index is -0.410. The van der Waals surface area contributed by atoms with Crippen LogP contribution in [0.5, 0.6) is 0 Å². The molecule has 98 valence electrons. The van der Waals surface area contributed by atoms with Gasteiger partial charge >= 0.3 is 0 Å². The van der Waals surface area contributed by atoms with Gasteiger partial charge in [0, 0.05) is 10.0 Å². The van der Waals surface area contributed by atoms with E-state index in [1.807, 2.05) is 12.1 Å². The van der Waals surface area contributed by atoms with E-state index >= 15 is 0 Å². The second-order valence-electron chi connectivity index (χ2n) is 4.79. The minimum absolute atomic E-state index is 0.103. The van der Waals surface area contributed by atoms with Crippen molar-refractivity contribution >= 4 is 21.8 Å².